The summed E-state index contributed by atoms with van der Waals surface area (Å²) in [6.07, 6.45) is 0.765. The second kappa shape index (κ2) is 9.05. The van der Waals surface area contributed by atoms with Crippen molar-refractivity contribution in [1.82, 2.24) is 10.6 Å². The molecule has 6 nitrogen and oxygen atoms in total. The first-order valence-electron chi connectivity index (χ1n) is 7.94. The van der Waals surface area contributed by atoms with Crippen molar-refractivity contribution in [2.24, 2.45) is 0 Å². The largest absolute Gasteiger partial charge is 0.456 e. The highest BCUT2D eigenvalue weighted by molar-refractivity contribution is 5.86. The standard InChI is InChI=1S/C18H26N2O4/c1-18(2,3)14-8-5-13(6-9-14)7-10-17(23)24-12-16(22)20-11-15(21)19-4/h5-6,8-9H,7,10-12H2,1-4H3,(H,19,21)(H,20,22). The zero-order chi connectivity index (χ0) is 18.2. The van der Waals surface area contributed by atoms with Crippen LogP contribution in [0.2, 0.25) is 0 Å². The van der Waals surface area contributed by atoms with Crippen LogP contribution in [0, 0.1) is 0 Å². The summed E-state index contributed by atoms with van der Waals surface area (Å²) in [5, 5.41) is 4.73. The van der Waals surface area contributed by atoms with Crippen LogP contribution in [0.25, 0.3) is 0 Å². The van der Waals surface area contributed by atoms with Gasteiger partial charge in [0, 0.05) is 13.5 Å². The van der Waals surface area contributed by atoms with Crippen molar-refractivity contribution in [3.05, 3.63) is 35.4 Å². The van der Waals surface area contributed by atoms with Gasteiger partial charge < -0.3 is 15.4 Å². The first kappa shape index (κ1) is 19.7. The van der Waals surface area contributed by atoms with Crippen LogP contribution < -0.4 is 10.6 Å². The minimum absolute atomic E-state index is 0.0967. The number of hydrogen-bond donors (Lipinski definition) is 2. The molecule has 6 heteroatoms. The normalized spacial score (nSPS) is 10.8. The van der Waals surface area contributed by atoms with Gasteiger partial charge in [0.1, 0.15) is 0 Å². The van der Waals surface area contributed by atoms with Crippen LogP contribution in [0.15, 0.2) is 24.3 Å². The second-order valence-electron chi connectivity index (χ2n) is 6.56. The number of esters is 1. The molecule has 0 heterocycles. The Labute approximate surface area is 143 Å². The number of benzene rings is 1. The maximum atomic E-state index is 11.7. The van der Waals surface area contributed by atoms with Gasteiger partial charge in [-0.05, 0) is 23.0 Å². The predicted molar refractivity (Wildman–Crippen MR) is 91.5 cm³/mol. The Hall–Kier alpha value is -2.37. The number of ether oxygens (including phenoxy) is 1. The van der Waals surface area contributed by atoms with Crippen LogP contribution in [0.1, 0.15) is 38.3 Å². The van der Waals surface area contributed by atoms with Crippen molar-refractivity contribution in [3.63, 3.8) is 0 Å². The van der Waals surface area contributed by atoms with Crippen molar-refractivity contribution in [2.75, 3.05) is 20.2 Å². The fraction of sp³-hybridized carbons (Fsp3) is 0.500. The van der Waals surface area contributed by atoms with Crippen molar-refractivity contribution in [1.29, 1.82) is 0 Å². The molecule has 1 rings (SSSR count). The Kier molecular flexibility index (Phi) is 7.42. The minimum Gasteiger partial charge on any atom is -0.456 e. The maximum absolute atomic E-state index is 11.7. The molecule has 2 N–H and O–H groups in total. The Bertz CT molecular complexity index is 574. The topological polar surface area (TPSA) is 84.5 Å². The van der Waals surface area contributed by atoms with Crippen LogP contribution in [0.5, 0.6) is 0 Å². The van der Waals surface area contributed by atoms with Gasteiger partial charge >= 0.3 is 5.97 Å². The molecule has 0 saturated heterocycles. The number of nitrogens with one attached hydrogen (secondary N) is 2. The van der Waals surface area contributed by atoms with E-state index in [2.05, 4.69) is 43.5 Å². The molecule has 0 bridgehead atoms. The average molecular weight is 334 g/mol. The van der Waals surface area contributed by atoms with Crippen LogP contribution in [0.4, 0.5) is 0 Å². The molecule has 0 fully saturated rings. The van der Waals surface area contributed by atoms with Crippen LogP contribution in [-0.2, 0) is 31.0 Å². The van der Waals surface area contributed by atoms with Crippen molar-refractivity contribution in [2.45, 2.75) is 39.0 Å². The number of amides is 2. The molecule has 0 atom stereocenters. The predicted octanol–water partition coefficient (Wildman–Crippen LogP) is 1.32. The summed E-state index contributed by atoms with van der Waals surface area (Å²) in [7, 11) is 1.47. The van der Waals surface area contributed by atoms with Gasteiger partial charge in [0.15, 0.2) is 6.61 Å². The third-order valence-corrected chi connectivity index (χ3v) is 3.53. The van der Waals surface area contributed by atoms with Gasteiger partial charge in [-0.2, -0.15) is 0 Å². The molecule has 0 aliphatic heterocycles. The Morgan fingerprint density at radius 1 is 1.04 bits per heavy atom. The molecule has 0 spiro atoms. The van der Waals surface area contributed by atoms with Crippen LogP contribution in [0.3, 0.4) is 0 Å². The number of carbonyl (C=O) groups excluding carboxylic acids is 3. The van der Waals surface area contributed by atoms with Gasteiger partial charge in [-0.3, -0.25) is 14.4 Å². The highest BCUT2D eigenvalue weighted by atomic mass is 16.5. The summed E-state index contributed by atoms with van der Waals surface area (Å²) in [4.78, 5) is 34.0. The number of hydrogen-bond acceptors (Lipinski definition) is 4. The lowest BCUT2D eigenvalue weighted by molar-refractivity contribution is -0.148. The first-order valence-corrected chi connectivity index (χ1v) is 7.94. The van der Waals surface area contributed by atoms with Gasteiger partial charge in [0.05, 0.1) is 6.54 Å². The van der Waals surface area contributed by atoms with E-state index in [0.717, 1.165) is 5.56 Å². The third-order valence-electron chi connectivity index (χ3n) is 3.53. The summed E-state index contributed by atoms with van der Waals surface area (Å²) in [5.74, 6) is -1.25. The van der Waals surface area contributed by atoms with Crippen molar-refractivity contribution in [3.8, 4) is 0 Å². The second-order valence-corrected chi connectivity index (χ2v) is 6.56. The SMILES string of the molecule is CNC(=O)CNC(=O)COC(=O)CCc1ccc(C(C)(C)C)cc1. The van der Waals surface area contributed by atoms with E-state index in [1.165, 1.54) is 12.6 Å². The van der Waals surface area contributed by atoms with Gasteiger partial charge in [-0.25, -0.2) is 0 Å². The minimum atomic E-state index is -0.499. The summed E-state index contributed by atoms with van der Waals surface area (Å²) in [6.45, 7) is 5.93. The fourth-order valence-corrected chi connectivity index (χ4v) is 1.95. The van der Waals surface area contributed by atoms with Crippen molar-refractivity contribution < 1.29 is 19.1 Å². The van der Waals surface area contributed by atoms with E-state index in [0.29, 0.717) is 6.42 Å². The molecule has 0 unspecified atom stereocenters. The molecule has 0 aromatic heterocycles. The smallest absolute Gasteiger partial charge is 0.306 e. The average Bonchev–Trinajstić information content (AvgIpc) is 2.55. The first-order chi connectivity index (χ1) is 11.2. The van der Waals surface area contributed by atoms with Gasteiger partial charge in [0.2, 0.25) is 5.91 Å². The summed E-state index contributed by atoms with van der Waals surface area (Å²) < 4.78 is 4.89. The van der Waals surface area contributed by atoms with Gasteiger partial charge in [0.25, 0.3) is 5.91 Å². The van der Waals surface area contributed by atoms with E-state index in [9.17, 15) is 14.4 Å². The Morgan fingerprint density at radius 3 is 2.21 bits per heavy atom. The molecular formula is C18H26N2O4. The lowest BCUT2D eigenvalue weighted by Gasteiger charge is -2.19. The van der Waals surface area contributed by atoms with Gasteiger partial charge in [-0.15, -0.1) is 0 Å². The number of aryl methyl sites for hydroxylation is 1. The zero-order valence-corrected chi connectivity index (χ0v) is 14.8. The molecule has 0 aliphatic carbocycles. The molecule has 2 amide bonds. The highest BCUT2D eigenvalue weighted by Crippen LogP contribution is 2.22. The summed E-state index contributed by atoms with van der Waals surface area (Å²) in [5.41, 5.74) is 2.38. The number of likely N-dealkylation sites (N-methyl/N-ethyl adjacent to an activating group) is 1. The molecule has 1 aromatic carbocycles. The van der Waals surface area contributed by atoms with Gasteiger partial charge in [-0.1, -0.05) is 45.0 Å². The maximum Gasteiger partial charge on any atom is 0.306 e. The summed E-state index contributed by atoms with van der Waals surface area (Å²) in [6, 6.07) is 8.13. The molecule has 0 radical (unpaired) electrons. The molecule has 0 saturated carbocycles. The lowest BCUT2D eigenvalue weighted by Crippen LogP contribution is -2.37. The van der Waals surface area contributed by atoms with Crippen molar-refractivity contribution >= 4 is 17.8 Å². The van der Waals surface area contributed by atoms with Crippen LogP contribution >= 0.6 is 0 Å². The number of rotatable bonds is 7. The van der Waals surface area contributed by atoms with E-state index < -0.39 is 11.9 Å². The van der Waals surface area contributed by atoms with E-state index in [-0.39, 0.29) is 30.9 Å². The Balaban J connectivity index is 2.31. The van der Waals surface area contributed by atoms with E-state index >= 15 is 0 Å². The van der Waals surface area contributed by atoms with E-state index in [1.807, 2.05) is 12.1 Å². The quantitative estimate of drug-likeness (QED) is 0.737. The monoisotopic (exact) mass is 334 g/mol. The highest BCUT2D eigenvalue weighted by Gasteiger charge is 2.13. The fourth-order valence-electron chi connectivity index (χ4n) is 1.95. The lowest BCUT2D eigenvalue weighted by atomic mass is 9.86. The molecular weight excluding hydrogens is 308 g/mol. The molecule has 24 heavy (non-hydrogen) atoms. The number of carbonyl (C=O) groups is 3. The molecule has 132 valence electrons. The molecule has 1 aromatic rings. The molecule has 0 aliphatic rings. The third kappa shape index (κ3) is 7.26. The Morgan fingerprint density at radius 2 is 1.67 bits per heavy atom. The van der Waals surface area contributed by atoms with E-state index in [1.54, 1.807) is 0 Å². The van der Waals surface area contributed by atoms with Crippen LogP contribution in [-0.4, -0.2) is 38.0 Å². The van der Waals surface area contributed by atoms with E-state index in [4.69, 9.17) is 4.74 Å². The zero-order valence-electron chi connectivity index (χ0n) is 14.8. The summed E-state index contributed by atoms with van der Waals surface area (Å²) >= 11 is 0.